The van der Waals surface area contributed by atoms with Gasteiger partial charge in [0.05, 0.1) is 44.6 Å². The lowest BCUT2D eigenvalue weighted by Gasteiger charge is -2.36. The molecule has 0 aromatic heterocycles. The molecule has 3 aliphatic rings. The van der Waals surface area contributed by atoms with Crippen molar-refractivity contribution in [2.24, 2.45) is 4.99 Å². The van der Waals surface area contributed by atoms with Crippen LogP contribution in [0.1, 0.15) is 30.5 Å². The molecule has 3 aliphatic heterocycles. The lowest BCUT2D eigenvalue weighted by atomic mass is 9.93. The molecule has 0 aliphatic carbocycles. The minimum absolute atomic E-state index is 0.0661. The van der Waals surface area contributed by atoms with E-state index in [4.69, 9.17) is 33.4 Å². The summed E-state index contributed by atoms with van der Waals surface area (Å²) in [6.07, 6.45) is 0.0661. The van der Waals surface area contributed by atoms with E-state index < -0.39 is 12.0 Å². The van der Waals surface area contributed by atoms with Crippen molar-refractivity contribution >= 4 is 28.8 Å². The van der Waals surface area contributed by atoms with Crippen molar-refractivity contribution in [2.75, 3.05) is 41.3 Å². The summed E-state index contributed by atoms with van der Waals surface area (Å²) in [6, 6.07) is 10.3. The van der Waals surface area contributed by atoms with Crippen LogP contribution in [0.4, 0.5) is 0 Å². The number of thioether (sulfide) groups is 1. The Morgan fingerprint density at radius 3 is 2.68 bits per heavy atom. The van der Waals surface area contributed by atoms with Crippen LogP contribution >= 0.6 is 11.8 Å². The molecule has 11 nitrogen and oxygen atoms in total. The largest absolute Gasteiger partial charge is 0.497 e. The Kier molecular flexibility index (Phi) is 8.70. The number of carbonyl (C=O) groups excluding carboxylic acids is 2. The molecule has 41 heavy (non-hydrogen) atoms. The monoisotopic (exact) mass is 581 g/mol. The summed E-state index contributed by atoms with van der Waals surface area (Å²) in [7, 11) is 4.67. The van der Waals surface area contributed by atoms with Gasteiger partial charge in [0.2, 0.25) is 12.7 Å². The SMILES string of the molecule is COCCOC(=O)C1=C(C)N=C2SC=C(CC(=O)NCc3ccc4c(c3)OCO4)N2C1c1ccc(OC)cc1OC. The van der Waals surface area contributed by atoms with E-state index >= 15 is 0 Å². The van der Waals surface area contributed by atoms with Gasteiger partial charge in [-0.05, 0) is 42.2 Å². The Bertz CT molecular complexity index is 1440. The first-order valence-electron chi connectivity index (χ1n) is 12.9. The highest BCUT2D eigenvalue weighted by Crippen LogP contribution is 2.47. The summed E-state index contributed by atoms with van der Waals surface area (Å²) in [5.74, 6) is 1.76. The third-order valence-corrected chi connectivity index (χ3v) is 7.63. The number of hydrogen-bond donors (Lipinski definition) is 1. The molecule has 0 bridgehead atoms. The Balaban J connectivity index is 1.41. The van der Waals surface area contributed by atoms with E-state index in [0.29, 0.717) is 57.2 Å². The van der Waals surface area contributed by atoms with Gasteiger partial charge < -0.3 is 38.6 Å². The second-order valence-corrected chi connectivity index (χ2v) is 10.1. The third kappa shape index (κ3) is 5.98. The standard InChI is InChI=1S/C29H31N3O8S/c1-17-26(28(34)38-10-9-35-2)27(21-7-6-20(36-3)13-23(21)37-4)32-19(15-41-29(32)31-17)12-25(33)30-14-18-5-8-22-24(11-18)40-16-39-22/h5-8,11,13,15,27H,9-10,12,14,16H2,1-4H3,(H,30,33). The number of esters is 1. The van der Waals surface area contributed by atoms with Gasteiger partial charge in [0, 0.05) is 31.0 Å². The van der Waals surface area contributed by atoms with Gasteiger partial charge in [0.15, 0.2) is 16.7 Å². The number of allylic oxidation sites excluding steroid dienone is 1. The van der Waals surface area contributed by atoms with E-state index in [-0.39, 0.29) is 32.3 Å². The van der Waals surface area contributed by atoms with Gasteiger partial charge >= 0.3 is 5.97 Å². The van der Waals surface area contributed by atoms with Crippen molar-refractivity contribution in [3.05, 3.63) is 69.9 Å². The summed E-state index contributed by atoms with van der Waals surface area (Å²) in [5, 5.41) is 5.50. The minimum Gasteiger partial charge on any atom is -0.497 e. The number of nitrogens with one attached hydrogen (secondary N) is 1. The number of aliphatic imine (C=N–C) groups is 1. The maximum atomic E-state index is 13.4. The average molecular weight is 582 g/mol. The molecule has 1 atom stereocenters. The van der Waals surface area contributed by atoms with Crippen molar-refractivity contribution in [2.45, 2.75) is 25.9 Å². The van der Waals surface area contributed by atoms with Crippen LogP contribution < -0.4 is 24.3 Å². The molecule has 5 rings (SSSR count). The molecule has 0 radical (unpaired) electrons. The Labute approximate surface area is 242 Å². The lowest BCUT2D eigenvalue weighted by Crippen LogP contribution is -2.38. The smallest absolute Gasteiger partial charge is 0.338 e. The fraction of sp³-hybridized carbons (Fsp3) is 0.345. The number of rotatable bonds is 11. The van der Waals surface area contributed by atoms with Crippen molar-refractivity contribution in [3.8, 4) is 23.0 Å². The second kappa shape index (κ2) is 12.6. The van der Waals surface area contributed by atoms with Crippen LogP contribution in [0, 0.1) is 0 Å². The summed E-state index contributed by atoms with van der Waals surface area (Å²) in [4.78, 5) is 33.2. The highest BCUT2D eigenvalue weighted by atomic mass is 32.2. The van der Waals surface area contributed by atoms with Gasteiger partial charge in [-0.15, -0.1) is 0 Å². The highest BCUT2D eigenvalue weighted by molar-refractivity contribution is 8.16. The van der Waals surface area contributed by atoms with Gasteiger partial charge in [0.1, 0.15) is 18.1 Å². The van der Waals surface area contributed by atoms with E-state index in [2.05, 4.69) is 5.32 Å². The second-order valence-electron chi connectivity index (χ2n) is 9.27. The summed E-state index contributed by atoms with van der Waals surface area (Å²) >= 11 is 1.39. The predicted molar refractivity (Wildman–Crippen MR) is 152 cm³/mol. The van der Waals surface area contributed by atoms with E-state index in [1.54, 1.807) is 33.3 Å². The summed E-state index contributed by atoms with van der Waals surface area (Å²) in [6.45, 7) is 2.64. The molecule has 3 heterocycles. The van der Waals surface area contributed by atoms with Gasteiger partial charge in [-0.3, -0.25) is 4.79 Å². The van der Waals surface area contributed by atoms with E-state index in [9.17, 15) is 9.59 Å². The number of amides is 1. The number of hydrogen-bond acceptors (Lipinski definition) is 11. The van der Waals surface area contributed by atoms with Gasteiger partial charge in [-0.25, -0.2) is 9.79 Å². The molecule has 1 N–H and O–H groups in total. The Hall–Kier alpha value is -4.16. The van der Waals surface area contributed by atoms with E-state index in [1.165, 1.54) is 18.9 Å². The van der Waals surface area contributed by atoms with E-state index in [1.807, 2.05) is 34.6 Å². The molecule has 0 saturated carbocycles. The number of fused-ring (bicyclic) bond motifs is 2. The quantitative estimate of drug-likeness (QED) is 0.309. The molecule has 216 valence electrons. The average Bonchev–Trinajstić information content (AvgIpc) is 3.61. The van der Waals surface area contributed by atoms with Crippen molar-refractivity contribution in [3.63, 3.8) is 0 Å². The zero-order valence-corrected chi connectivity index (χ0v) is 24.0. The fourth-order valence-electron chi connectivity index (χ4n) is 4.74. The van der Waals surface area contributed by atoms with Crippen molar-refractivity contribution < 1.29 is 38.0 Å². The summed E-state index contributed by atoms with van der Waals surface area (Å²) < 4.78 is 32.5. The third-order valence-electron chi connectivity index (χ3n) is 6.74. The number of amidine groups is 1. The molecule has 0 saturated heterocycles. The minimum atomic E-state index is -0.652. The maximum absolute atomic E-state index is 13.4. The molecule has 12 heteroatoms. The fourth-order valence-corrected chi connectivity index (χ4v) is 5.71. The van der Waals surface area contributed by atoms with Gasteiger partial charge in [-0.2, -0.15) is 0 Å². The van der Waals surface area contributed by atoms with Crippen LogP contribution in [0.25, 0.3) is 0 Å². The Morgan fingerprint density at radius 2 is 1.90 bits per heavy atom. The van der Waals surface area contributed by atoms with Crippen LogP contribution in [0.5, 0.6) is 23.0 Å². The molecule has 1 amide bonds. The van der Waals surface area contributed by atoms with Crippen LogP contribution in [0.15, 0.2) is 63.8 Å². The van der Waals surface area contributed by atoms with Crippen LogP contribution in [0.3, 0.4) is 0 Å². The number of nitrogens with zero attached hydrogens (tertiary/aromatic N) is 2. The number of ether oxygens (including phenoxy) is 6. The van der Waals surface area contributed by atoms with Crippen molar-refractivity contribution in [1.82, 2.24) is 10.2 Å². The maximum Gasteiger partial charge on any atom is 0.338 e. The predicted octanol–water partition coefficient (Wildman–Crippen LogP) is 3.90. The van der Waals surface area contributed by atoms with Crippen LogP contribution in [-0.4, -0.2) is 63.3 Å². The normalized spacial score (nSPS) is 17.1. The topological polar surface area (TPSA) is 117 Å². The van der Waals surface area contributed by atoms with Gasteiger partial charge in [-0.1, -0.05) is 17.8 Å². The zero-order valence-electron chi connectivity index (χ0n) is 23.2. The molecular formula is C29H31N3O8S. The molecule has 0 fully saturated rings. The first-order valence-corrected chi connectivity index (χ1v) is 13.8. The molecule has 2 aromatic rings. The molecule has 0 spiro atoms. The number of methoxy groups -OCH3 is 3. The van der Waals surface area contributed by atoms with Crippen LogP contribution in [0.2, 0.25) is 0 Å². The Morgan fingerprint density at radius 1 is 1.07 bits per heavy atom. The highest BCUT2D eigenvalue weighted by Gasteiger charge is 2.42. The first-order chi connectivity index (χ1) is 19.9. The number of carbonyl (C=O) groups is 2. The summed E-state index contributed by atoms with van der Waals surface area (Å²) in [5.41, 5.74) is 3.15. The van der Waals surface area contributed by atoms with Crippen LogP contribution in [-0.2, 0) is 25.6 Å². The lowest BCUT2D eigenvalue weighted by molar-refractivity contribution is -0.141. The molecule has 2 aromatic carbocycles. The van der Waals surface area contributed by atoms with Crippen molar-refractivity contribution in [1.29, 1.82) is 0 Å². The molecular weight excluding hydrogens is 550 g/mol. The van der Waals surface area contributed by atoms with Gasteiger partial charge in [0.25, 0.3) is 0 Å². The zero-order chi connectivity index (χ0) is 28.9. The molecule has 1 unspecified atom stereocenters. The number of benzene rings is 2. The first kappa shape index (κ1) is 28.4. The van der Waals surface area contributed by atoms with E-state index in [0.717, 1.165) is 5.56 Å².